The highest BCUT2D eigenvalue weighted by atomic mass is 35.5. The average molecular weight is 293 g/mol. The fourth-order valence-corrected chi connectivity index (χ4v) is 2.87. The highest BCUT2D eigenvalue weighted by Gasteiger charge is 2.26. The first-order valence-electron chi connectivity index (χ1n) is 6.80. The van der Waals surface area contributed by atoms with Gasteiger partial charge in [-0.05, 0) is 25.8 Å². The largest absolute Gasteiger partial charge is 0.449 e. The summed E-state index contributed by atoms with van der Waals surface area (Å²) in [4.78, 5) is 14.4. The monoisotopic (exact) mass is 292 g/mol. The number of likely N-dealkylation sites (tertiary alicyclic amines) is 1. The van der Waals surface area contributed by atoms with Crippen LogP contribution in [0.2, 0.25) is 5.02 Å². The zero-order chi connectivity index (χ0) is 14.3. The molecule has 1 saturated heterocycles. The summed E-state index contributed by atoms with van der Waals surface area (Å²) in [5.74, 6) is 0.324. The van der Waals surface area contributed by atoms with Crippen molar-refractivity contribution in [1.29, 1.82) is 0 Å². The fraction of sp³-hybridized carbons (Fsp3) is 0.400. The molecule has 0 saturated carbocycles. The Bertz CT molecular complexity index is 657. The molecular weight excluding hydrogens is 276 g/mol. The maximum absolute atomic E-state index is 12.6. The molecule has 0 spiro atoms. The number of carbonyl (C=O) groups excluding carboxylic acids is 1. The van der Waals surface area contributed by atoms with E-state index in [0.717, 1.165) is 23.8 Å². The van der Waals surface area contributed by atoms with Gasteiger partial charge in [-0.1, -0.05) is 23.7 Å². The van der Waals surface area contributed by atoms with Crippen LogP contribution in [0.25, 0.3) is 11.0 Å². The Balaban J connectivity index is 1.96. The van der Waals surface area contributed by atoms with Crippen molar-refractivity contribution >= 4 is 28.5 Å². The lowest BCUT2D eigenvalue weighted by Gasteiger charge is -2.29. The predicted octanol–water partition coefficient (Wildman–Crippen LogP) is 2.96. The quantitative estimate of drug-likeness (QED) is 0.879. The molecule has 0 aliphatic carbocycles. The third-order valence-electron chi connectivity index (χ3n) is 3.94. The molecule has 1 amide bonds. The Kier molecular flexibility index (Phi) is 3.44. The van der Waals surface area contributed by atoms with Crippen LogP contribution in [0.5, 0.6) is 0 Å². The lowest BCUT2D eigenvalue weighted by molar-refractivity contribution is 0.0684. The Labute approximate surface area is 122 Å². The maximum Gasteiger partial charge on any atom is 0.289 e. The molecule has 5 heteroatoms. The number of piperidine rings is 1. The zero-order valence-corrected chi connectivity index (χ0v) is 12.1. The van der Waals surface area contributed by atoms with E-state index in [1.807, 2.05) is 24.0 Å². The van der Waals surface area contributed by atoms with Crippen molar-refractivity contribution < 1.29 is 9.21 Å². The van der Waals surface area contributed by atoms with Crippen LogP contribution in [-0.4, -0.2) is 29.9 Å². The molecule has 0 atom stereocenters. The zero-order valence-electron chi connectivity index (χ0n) is 11.4. The van der Waals surface area contributed by atoms with E-state index in [4.69, 9.17) is 21.8 Å². The predicted molar refractivity (Wildman–Crippen MR) is 79.1 cm³/mol. The number of aryl methyl sites for hydroxylation is 1. The topological polar surface area (TPSA) is 59.5 Å². The normalized spacial score (nSPS) is 16.9. The highest BCUT2D eigenvalue weighted by molar-refractivity contribution is 6.35. The number of nitrogens with two attached hydrogens (primary N) is 1. The molecule has 1 aromatic heterocycles. The first-order chi connectivity index (χ1) is 9.58. The minimum Gasteiger partial charge on any atom is -0.449 e. The van der Waals surface area contributed by atoms with Gasteiger partial charge < -0.3 is 15.1 Å². The molecule has 1 aliphatic heterocycles. The fourth-order valence-electron chi connectivity index (χ4n) is 2.66. The van der Waals surface area contributed by atoms with E-state index in [0.29, 0.717) is 29.5 Å². The van der Waals surface area contributed by atoms with Gasteiger partial charge in [0.1, 0.15) is 0 Å². The number of carbonyl (C=O) groups is 1. The summed E-state index contributed by atoms with van der Waals surface area (Å²) < 4.78 is 5.72. The number of halogens is 1. The molecule has 4 nitrogen and oxygen atoms in total. The summed E-state index contributed by atoms with van der Waals surface area (Å²) in [6.07, 6.45) is 1.68. The number of fused-ring (bicyclic) bond motifs is 1. The summed E-state index contributed by atoms with van der Waals surface area (Å²) in [5, 5.41) is 1.43. The number of para-hydroxylation sites is 1. The van der Waals surface area contributed by atoms with Crippen LogP contribution in [0.1, 0.15) is 29.0 Å². The molecule has 0 unspecified atom stereocenters. The van der Waals surface area contributed by atoms with Crippen molar-refractivity contribution in [3.8, 4) is 0 Å². The highest BCUT2D eigenvalue weighted by Crippen LogP contribution is 2.31. The van der Waals surface area contributed by atoms with Crippen LogP contribution in [0.4, 0.5) is 0 Å². The SMILES string of the molecule is Cc1c(C(=O)N2CCC(N)CC2)oc2c(Cl)cccc12. The van der Waals surface area contributed by atoms with Gasteiger partial charge in [-0.2, -0.15) is 0 Å². The van der Waals surface area contributed by atoms with Crippen LogP contribution in [0, 0.1) is 6.92 Å². The Morgan fingerprint density at radius 3 is 2.75 bits per heavy atom. The number of benzene rings is 1. The number of rotatable bonds is 1. The Morgan fingerprint density at radius 2 is 2.10 bits per heavy atom. The van der Waals surface area contributed by atoms with Gasteiger partial charge in [0, 0.05) is 30.1 Å². The molecule has 3 rings (SSSR count). The number of nitrogens with zero attached hydrogens (tertiary/aromatic N) is 1. The second kappa shape index (κ2) is 5.11. The second-order valence-electron chi connectivity index (χ2n) is 5.30. The van der Waals surface area contributed by atoms with Gasteiger partial charge in [-0.3, -0.25) is 4.79 Å². The summed E-state index contributed by atoms with van der Waals surface area (Å²) >= 11 is 6.12. The first kappa shape index (κ1) is 13.5. The molecule has 2 heterocycles. The standard InChI is InChI=1S/C15H17ClN2O2/c1-9-11-3-2-4-12(16)14(11)20-13(9)15(19)18-7-5-10(17)6-8-18/h2-4,10H,5-8,17H2,1H3. The number of hydrogen-bond donors (Lipinski definition) is 1. The van der Waals surface area contributed by atoms with Crippen molar-refractivity contribution in [2.24, 2.45) is 5.73 Å². The molecule has 20 heavy (non-hydrogen) atoms. The molecule has 2 aromatic rings. The van der Waals surface area contributed by atoms with Gasteiger partial charge in [0.15, 0.2) is 11.3 Å². The van der Waals surface area contributed by atoms with Gasteiger partial charge in [-0.15, -0.1) is 0 Å². The van der Waals surface area contributed by atoms with Crippen molar-refractivity contribution in [3.05, 3.63) is 34.5 Å². The third kappa shape index (κ3) is 2.19. The van der Waals surface area contributed by atoms with Gasteiger partial charge in [0.25, 0.3) is 5.91 Å². The molecule has 1 aliphatic rings. The molecular formula is C15H17ClN2O2. The summed E-state index contributed by atoms with van der Waals surface area (Å²) in [5.41, 5.74) is 7.30. The van der Waals surface area contributed by atoms with Gasteiger partial charge in [0.05, 0.1) is 5.02 Å². The van der Waals surface area contributed by atoms with Crippen LogP contribution in [-0.2, 0) is 0 Å². The number of furan rings is 1. The van der Waals surface area contributed by atoms with Crippen LogP contribution < -0.4 is 5.73 Å². The van der Waals surface area contributed by atoms with E-state index < -0.39 is 0 Å². The molecule has 2 N–H and O–H groups in total. The van der Waals surface area contributed by atoms with E-state index in [9.17, 15) is 4.79 Å². The van der Waals surface area contributed by atoms with E-state index in [2.05, 4.69) is 0 Å². The van der Waals surface area contributed by atoms with E-state index in [1.165, 1.54) is 0 Å². The smallest absolute Gasteiger partial charge is 0.289 e. The Hall–Kier alpha value is -1.52. The summed E-state index contributed by atoms with van der Waals surface area (Å²) in [6, 6.07) is 5.75. The molecule has 0 radical (unpaired) electrons. The average Bonchev–Trinajstić information content (AvgIpc) is 2.78. The number of hydrogen-bond acceptors (Lipinski definition) is 3. The minimum absolute atomic E-state index is 0.0679. The van der Waals surface area contributed by atoms with Gasteiger partial charge in [0.2, 0.25) is 0 Å². The van der Waals surface area contributed by atoms with E-state index in [-0.39, 0.29) is 11.9 Å². The number of amides is 1. The van der Waals surface area contributed by atoms with Crippen LogP contribution in [0.3, 0.4) is 0 Å². The van der Waals surface area contributed by atoms with Gasteiger partial charge in [-0.25, -0.2) is 0 Å². The minimum atomic E-state index is -0.0679. The van der Waals surface area contributed by atoms with Crippen LogP contribution in [0.15, 0.2) is 22.6 Å². The summed E-state index contributed by atoms with van der Waals surface area (Å²) in [7, 11) is 0. The van der Waals surface area contributed by atoms with Crippen LogP contribution >= 0.6 is 11.6 Å². The second-order valence-corrected chi connectivity index (χ2v) is 5.71. The van der Waals surface area contributed by atoms with E-state index >= 15 is 0 Å². The molecule has 0 bridgehead atoms. The van der Waals surface area contributed by atoms with E-state index in [1.54, 1.807) is 6.07 Å². The van der Waals surface area contributed by atoms with Crippen molar-refractivity contribution in [3.63, 3.8) is 0 Å². The third-order valence-corrected chi connectivity index (χ3v) is 4.23. The Morgan fingerprint density at radius 1 is 1.40 bits per heavy atom. The molecule has 1 fully saturated rings. The lowest BCUT2D eigenvalue weighted by atomic mass is 10.1. The van der Waals surface area contributed by atoms with Crippen molar-refractivity contribution in [2.75, 3.05) is 13.1 Å². The summed E-state index contributed by atoms with van der Waals surface area (Å²) in [6.45, 7) is 3.26. The molecule has 106 valence electrons. The molecule has 1 aromatic carbocycles. The van der Waals surface area contributed by atoms with Crippen molar-refractivity contribution in [1.82, 2.24) is 4.90 Å². The van der Waals surface area contributed by atoms with Crippen molar-refractivity contribution in [2.45, 2.75) is 25.8 Å². The lowest BCUT2D eigenvalue weighted by Crippen LogP contribution is -2.42. The maximum atomic E-state index is 12.6. The first-order valence-corrected chi connectivity index (χ1v) is 7.18. The van der Waals surface area contributed by atoms with Gasteiger partial charge >= 0.3 is 0 Å².